The Bertz CT molecular complexity index is 830. The number of carbonyl (C=O) groups is 2. The van der Waals surface area contributed by atoms with Gasteiger partial charge in [-0.2, -0.15) is 0 Å². The Hall–Kier alpha value is -2.50. The van der Waals surface area contributed by atoms with Crippen LogP contribution in [0.5, 0.6) is 0 Å². The van der Waals surface area contributed by atoms with E-state index in [1.165, 1.54) is 5.56 Å². The summed E-state index contributed by atoms with van der Waals surface area (Å²) < 4.78 is 11.3. The molecule has 2 amide bonds. The first-order valence-corrected chi connectivity index (χ1v) is 13.1. The molecule has 1 aliphatic heterocycles. The van der Waals surface area contributed by atoms with E-state index in [1.807, 2.05) is 78.5 Å². The van der Waals surface area contributed by atoms with Crippen molar-refractivity contribution in [3.8, 4) is 0 Å². The Kier molecular flexibility index (Phi) is 10.2. The van der Waals surface area contributed by atoms with Gasteiger partial charge in [0.25, 0.3) is 0 Å². The van der Waals surface area contributed by atoms with Crippen LogP contribution in [-0.4, -0.2) is 58.9 Å². The minimum atomic E-state index is -0.528. The molecule has 1 aliphatic carbocycles. The molecule has 0 aromatic heterocycles. The van der Waals surface area contributed by atoms with Crippen molar-refractivity contribution in [1.82, 2.24) is 9.80 Å². The van der Waals surface area contributed by atoms with E-state index in [2.05, 4.69) is 24.3 Å². The predicted molar refractivity (Wildman–Crippen MR) is 142 cm³/mol. The molecule has 2 fully saturated rings. The van der Waals surface area contributed by atoms with Gasteiger partial charge in [-0.25, -0.2) is 9.59 Å². The van der Waals surface area contributed by atoms with Crippen LogP contribution in [0.25, 0.3) is 6.08 Å². The van der Waals surface area contributed by atoms with Crippen molar-refractivity contribution >= 4 is 18.3 Å². The summed E-state index contributed by atoms with van der Waals surface area (Å²) in [6.45, 7) is 17.3. The maximum Gasteiger partial charge on any atom is 0.410 e. The summed E-state index contributed by atoms with van der Waals surface area (Å²) >= 11 is 0. The van der Waals surface area contributed by atoms with Gasteiger partial charge in [-0.05, 0) is 78.2 Å². The highest BCUT2D eigenvalue weighted by atomic mass is 16.6. The minimum Gasteiger partial charge on any atom is -0.444 e. The summed E-state index contributed by atoms with van der Waals surface area (Å²) in [6, 6.07) is 10.4. The van der Waals surface area contributed by atoms with Gasteiger partial charge in [0.2, 0.25) is 0 Å². The number of rotatable bonds is 5. The van der Waals surface area contributed by atoms with Crippen molar-refractivity contribution in [3.05, 3.63) is 42.0 Å². The SMILES string of the molecule is CC.CC(C)(C)OC(=O)N1CCC(CN(C(=O)OC(C)(C)C)C2CC2/C=C\c2ccccc2)CC1. The molecule has 0 radical (unpaired) electrons. The Morgan fingerprint density at radius 2 is 1.54 bits per heavy atom. The summed E-state index contributed by atoms with van der Waals surface area (Å²) in [5.74, 6) is 0.690. The van der Waals surface area contributed by atoms with E-state index in [0.717, 1.165) is 19.3 Å². The molecule has 1 saturated carbocycles. The number of likely N-dealkylation sites (tertiary alicyclic amines) is 1. The van der Waals surface area contributed by atoms with Crippen LogP contribution in [0.4, 0.5) is 9.59 Å². The maximum atomic E-state index is 13.1. The maximum absolute atomic E-state index is 13.1. The Labute approximate surface area is 212 Å². The predicted octanol–water partition coefficient (Wildman–Crippen LogP) is 7.00. The molecule has 1 aromatic rings. The lowest BCUT2D eigenvalue weighted by atomic mass is 9.96. The quantitative estimate of drug-likeness (QED) is 0.450. The summed E-state index contributed by atoms with van der Waals surface area (Å²) in [5.41, 5.74) is 0.150. The van der Waals surface area contributed by atoms with Crippen LogP contribution in [0.2, 0.25) is 0 Å². The molecule has 0 spiro atoms. The molecule has 35 heavy (non-hydrogen) atoms. The topological polar surface area (TPSA) is 59.1 Å². The number of nitrogens with zero attached hydrogens (tertiary/aromatic N) is 2. The third-order valence-corrected chi connectivity index (χ3v) is 5.89. The second-order valence-electron chi connectivity index (χ2n) is 11.3. The van der Waals surface area contributed by atoms with Crippen LogP contribution in [0, 0.1) is 11.8 Å². The fourth-order valence-electron chi connectivity index (χ4n) is 4.13. The van der Waals surface area contributed by atoms with Crippen molar-refractivity contribution in [2.45, 2.75) is 91.9 Å². The molecule has 1 aromatic carbocycles. The first-order chi connectivity index (χ1) is 16.4. The van der Waals surface area contributed by atoms with Crippen LogP contribution in [0.1, 0.15) is 80.2 Å². The van der Waals surface area contributed by atoms with Crippen molar-refractivity contribution in [1.29, 1.82) is 0 Å². The van der Waals surface area contributed by atoms with Crippen LogP contribution in [0.15, 0.2) is 36.4 Å². The van der Waals surface area contributed by atoms with Gasteiger partial charge in [0.15, 0.2) is 0 Å². The summed E-state index contributed by atoms with van der Waals surface area (Å²) in [7, 11) is 0. The van der Waals surface area contributed by atoms with Gasteiger partial charge in [-0.15, -0.1) is 0 Å². The standard InChI is InChI=1S/C27H40N2O4.C2H6/c1-26(2,3)32-24(30)28-16-14-21(15-17-28)19-29(25(31)33-27(4,5)6)23-18-22(23)13-12-20-10-8-7-9-11-20;1-2/h7-13,21-23H,14-19H2,1-6H3;1-2H3/b13-12-;. The molecule has 3 rings (SSSR count). The fourth-order valence-corrected chi connectivity index (χ4v) is 4.13. The number of hydrogen-bond acceptors (Lipinski definition) is 4. The largest absolute Gasteiger partial charge is 0.444 e. The molecule has 2 aliphatic rings. The van der Waals surface area contributed by atoms with Gasteiger partial charge >= 0.3 is 12.2 Å². The van der Waals surface area contributed by atoms with E-state index in [0.29, 0.717) is 31.5 Å². The average molecular weight is 487 g/mol. The highest BCUT2D eigenvalue weighted by molar-refractivity contribution is 5.70. The first-order valence-electron chi connectivity index (χ1n) is 13.1. The number of carbonyl (C=O) groups excluding carboxylic acids is 2. The van der Waals surface area contributed by atoms with Crippen molar-refractivity contribution in [2.24, 2.45) is 11.8 Å². The van der Waals surface area contributed by atoms with E-state index in [9.17, 15) is 9.59 Å². The Morgan fingerprint density at radius 3 is 2.09 bits per heavy atom. The molecule has 6 heteroatoms. The van der Waals surface area contributed by atoms with Gasteiger partial charge in [0.1, 0.15) is 11.2 Å². The second kappa shape index (κ2) is 12.5. The lowest BCUT2D eigenvalue weighted by Gasteiger charge is -2.36. The zero-order valence-electron chi connectivity index (χ0n) is 23.0. The number of amides is 2. The second-order valence-corrected chi connectivity index (χ2v) is 11.3. The monoisotopic (exact) mass is 486 g/mol. The number of benzene rings is 1. The molecular weight excluding hydrogens is 440 g/mol. The van der Waals surface area contributed by atoms with Gasteiger partial charge in [-0.3, -0.25) is 0 Å². The third-order valence-electron chi connectivity index (χ3n) is 5.89. The molecule has 196 valence electrons. The summed E-state index contributed by atoms with van der Waals surface area (Å²) in [5, 5.41) is 0. The summed E-state index contributed by atoms with van der Waals surface area (Å²) in [6.07, 6.45) is 6.53. The van der Waals surface area contributed by atoms with Gasteiger partial charge in [0, 0.05) is 25.7 Å². The molecule has 2 unspecified atom stereocenters. The number of hydrogen-bond donors (Lipinski definition) is 0. The average Bonchev–Trinajstić information content (AvgIpc) is 3.55. The number of piperidine rings is 1. The smallest absolute Gasteiger partial charge is 0.410 e. The van der Waals surface area contributed by atoms with Crippen LogP contribution in [0.3, 0.4) is 0 Å². The minimum absolute atomic E-state index is 0.170. The molecule has 2 atom stereocenters. The Morgan fingerprint density at radius 1 is 0.971 bits per heavy atom. The van der Waals surface area contributed by atoms with Gasteiger partial charge in [-0.1, -0.05) is 56.3 Å². The Balaban J connectivity index is 0.00000210. The van der Waals surface area contributed by atoms with Crippen LogP contribution >= 0.6 is 0 Å². The van der Waals surface area contributed by atoms with E-state index in [4.69, 9.17) is 9.47 Å². The molecular formula is C29H46N2O4. The summed E-state index contributed by atoms with van der Waals surface area (Å²) in [4.78, 5) is 29.1. The zero-order chi connectivity index (χ0) is 26.2. The molecule has 0 bridgehead atoms. The molecule has 6 nitrogen and oxygen atoms in total. The highest BCUT2D eigenvalue weighted by Crippen LogP contribution is 2.39. The lowest BCUT2D eigenvalue weighted by Crippen LogP contribution is -2.46. The fraction of sp³-hybridized carbons (Fsp3) is 0.655. The normalized spacial score (nSPS) is 20.6. The van der Waals surface area contributed by atoms with Crippen LogP contribution in [-0.2, 0) is 9.47 Å². The van der Waals surface area contributed by atoms with Crippen molar-refractivity contribution in [3.63, 3.8) is 0 Å². The third kappa shape index (κ3) is 9.95. The van der Waals surface area contributed by atoms with E-state index in [-0.39, 0.29) is 18.2 Å². The van der Waals surface area contributed by atoms with Gasteiger partial charge in [0.05, 0.1) is 0 Å². The van der Waals surface area contributed by atoms with E-state index in [1.54, 1.807) is 4.90 Å². The van der Waals surface area contributed by atoms with Crippen molar-refractivity contribution < 1.29 is 19.1 Å². The first kappa shape index (κ1) is 28.7. The lowest BCUT2D eigenvalue weighted by molar-refractivity contribution is 0.00835. The molecule has 0 N–H and O–H groups in total. The number of ether oxygens (including phenoxy) is 2. The zero-order valence-corrected chi connectivity index (χ0v) is 23.0. The van der Waals surface area contributed by atoms with Crippen LogP contribution < -0.4 is 0 Å². The van der Waals surface area contributed by atoms with E-state index >= 15 is 0 Å². The van der Waals surface area contributed by atoms with Gasteiger partial charge < -0.3 is 19.3 Å². The molecule has 1 heterocycles. The molecule has 1 saturated heterocycles. The van der Waals surface area contributed by atoms with Crippen molar-refractivity contribution in [2.75, 3.05) is 19.6 Å². The van der Waals surface area contributed by atoms with E-state index < -0.39 is 11.2 Å². The highest BCUT2D eigenvalue weighted by Gasteiger charge is 2.44.